The van der Waals surface area contributed by atoms with Gasteiger partial charge in [0, 0.05) is 13.1 Å². The molecule has 0 saturated heterocycles. The zero-order valence-corrected chi connectivity index (χ0v) is 12.0. The standard InChI is InChI=1S/C12H17BrN2O3/c1-14-10(12(16)17)7-15-6-8-3-4-11(18-2)9(13)5-8/h3-5,10,14-15H,6-7H2,1-2H3,(H,16,17). The van der Waals surface area contributed by atoms with Crippen LogP contribution in [0.15, 0.2) is 22.7 Å². The molecule has 1 aromatic rings. The highest BCUT2D eigenvalue weighted by Crippen LogP contribution is 2.25. The van der Waals surface area contributed by atoms with Crippen molar-refractivity contribution in [2.45, 2.75) is 12.6 Å². The van der Waals surface area contributed by atoms with Gasteiger partial charge in [0.2, 0.25) is 0 Å². The summed E-state index contributed by atoms with van der Waals surface area (Å²) in [4.78, 5) is 10.8. The number of carboxylic acid groups (broad SMARTS) is 1. The molecule has 100 valence electrons. The number of methoxy groups -OCH3 is 1. The highest BCUT2D eigenvalue weighted by molar-refractivity contribution is 9.10. The second-order valence-corrected chi connectivity index (χ2v) is 4.63. The zero-order valence-electron chi connectivity index (χ0n) is 10.4. The van der Waals surface area contributed by atoms with Crippen LogP contribution in [0.3, 0.4) is 0 Å². The van der Waals surface area contributed by atoms with E-state index in [1.54, 1.807) is 14.2 Å². The largest absolute Gasteiger partial charge is 0.496 e. The number of nitrogens with one attached hydrogen (secondary N) is 2. The summed E-state index contributed by atoms with van der Waals surface area (Å²) >= 11 is 3.41. The van der Waals surface area contributed by atoms with Gasteiger partial charge in [-0.3, -0.25) is 4.79 Å². The fourth-order valence-corrected chi connectivity index (χ4v) is 2.08. The van der Waals surface area contributed by atoms with Crippen molar-refractivity contribution < 1.29 is 14.6 Å². The topological polar surface area (TPSA) is 70.6 Å². The number of aliphatic carboxylic acids is 1. The number of benzene rings is 1. The van der Waals surface area contributed by atoms with Crippen LogP contribution < -0.4 is 15.4 Å². The molecule has 18 heavy (non-hydrogen) atoms. The SMILES string of the molecule is CNC(CNCc1ccc(OC)c(Br)c1)C(=O)O. The van der Waals surface area contributed by atoms with E-state index >= 15 is 0 Å². The average molecular weight is 317 g/mol. The van der Waals surface area contributed by atoms with Crippen LogP contribution in [-0.2, 0) is 11.3 Å². The van der Waals surface area contributed by atoms with Gasteiger partial charge < -0.3 is 20.5 Å². The van der Waals surface area contributed by atoms with E-state index in [4.69, 9.17) is 9.84 Å². The lowest BCUT2D eigenvalue weighted by atomic mass is 10.2. The molecule has 0 bridgehead atoms. The van der Waals surface area contributed by atoms with E-state index in [9.17, 15) is 4.79 Å². The van der Waals surface area contributed by atoms with Gasteiger partial charge in [0.05, 0.1) is 11.6 Å². The Balaban J connectivity index is 2.49. The molecule has 0 spiro atoms. The molecule has 0 amide bonds. The maximum Gasteiger partial charge on any atom is 0.322 e. The maximum atomic E-state index is 10.8. The van der Waals surface area contributed by atoms with Gasteiger partial charge in [-0.1, -0.05) is 6.07 Å². The minimum atomic E-state index is -0.860. The summed E-state index contributed by atoms with van der Waals surface area (Å²) in [6.45, 7) is 0.976. The van der Waals surface area contributed by atoms with E-state index < -0.39 is 12.0 Å². The molecular weight excluding hydrogens is 300 g/mol. The van der Waals surface area contributed by atoms with E-state index in [1.165, 1.54) is 0 Å². The Hall–Kier alpha value is -1.11. The Labute approximate surface area is 115 Å². The number of hydrogen-bond donors (Lipinski definition) is 3. The Bertz CT molecular complexity index is 412. The number of likely N-dealkylation sites (N-methyl/N-ethyl adjacent to an activating group) is 1. The molecule has 1 atom stereocenters. The summed E-state index contributed by atoms with van der Waals surface area (Å²) in [5.74, 6) is -0.0849. The number of carbonyl (C=O) groups is 1. The lowest BCUT2D eigenvalue weighted by Crippen LogP contribution is -2.42. The van der Waals surface area contributed by atoms with Gasteiger partial charge in [0.25, 0.3) is 0 Å². The minimum Gasteiger partial charge on any atom is -0.496 e. The average Bonchev–Trinajstić information content (AvgIpc) is 2.34. The molecule has 0 aliphatic heterocycles. The Morgan fingerprint density at radius 1 is 1.56 bits per heavy atom. The third-order valence-electron chi connectivity index (χ3n) is 2.54. The smallest absolute Gasteiger partial charge is 0.322 e. The Morgan fingerprint density at radius 3 is 2.78 bits per heavy atom. The second-order valence-electron chi connectivity index (χ2n) is 3.78. The van der Waals surface area contributed by atoms with E-state index in [0.717, 1.165) is 15.8 Å². The fourth-order valence-electron chi connectivity index (χ4n) is 1.49. The lowest BCUT2D eigenvalue weighted by molar-refractivity contribution is -0.139. The third-order valence-corrected chi connectivity index (χ3v) is 3.16. The van der Waals surface area contributed by atoms with Gasteiger partial charge in [-0.05, 0) is 40.7 Å². The van der Waals surface area contributed by atoms with Gasteiger partial charge in [0.15, 0.2) is 0 Å². The zero-order chi connectivity index (χ0) is 13.5. The van der Waals surface area contributed by atoms with Crippen LogP contribution >= 0.6 is 15.9 Å². The molecular formula is C12H17BrN2O3. The van der Waals surface area contributed by atoms with Gasteiger partial charge >= 0.3 is 5.97 Å². The van der Waals surface area contributed by atoms with Crippen molar-refractivity contribution >= 4 is 21.9 Å². The molecule has 5 nitrogen and oxygen atoms in total. The van der Waals surface area contributed by atoms with Gasteiger partial charge in [0.1, 0.15) is 11.8 Å². The maximum absolute atomic E-state index is 10.8. The van der Waals surface area contributed by atoms with Crippen LogP contribution in [0.25, 0.3) is 0 Å². The van der Waals surface area contributed by atoms with Gasteiger partial charge in [-0.25, -0.2) is 0 Å². The van der Waals surface area contributed by atoms with Crippen LogP contribution in [0.5, 0.6) is 5.75 Å². The van der Waals surface area contributed by atoms with Crippen LogP contribution in [0.4, 0.5) is 0 Å². The number of halogens is 1. The van der Waals surface area contributed by atoms with Gasteiger partial charge in [-0.15, -0.1) is 0 Å². The first kappa shape index (κ1) is 14.9. The highest BCUT2D eigenvalue weighted by atomic mass is 79.9. The van der Waals surface area contributed by atoms with Crippen molar-refractivity contribution in [2.75, 3.05) is 20.7 Å². The van der Waals surface area contributed by atoms with Gasteiger partial charge in [-0.2, -0.15) is 0 Å². The van der Waals surface area contributed by atoms with E-state index in [2.05, 4.69) is 26.6 Å². The van der Waals surface area contributed by atoms with Crippen molar-refractivity contribution in [3.05, 3.63) is 28.2 Å². The minimum absolute atomic E-state index is 0.371. The van der Waals surface area contributed by atoms with E-state index in [0.29, 0.717) is 13.1 Å². The fraction of sp³-hybridized carbons (Fsp3) is 0.417. The van der Waals surface area contributed by atoms with Crippen molar-refractivity contribution in [1.82, 2.24) is 10.6 Å². The Kier molecular flexibility index (Phi) is 6.11. The first-order valence-electron chi connectivity index (χ1n) is 5.51. The monoisotopic (exact) mass is 316 g/mol. The summed E-state index contributed by atoms with van der Waals surface area (Å²) in [5, 5.41) is 14.7. The Morgan fingerprint density at radius 2 is 2.28 bits per heavy atom. The van der Waals surface area contributed by atoms with E-state index in [1.807, 2.05) is 18.2 Å². The molecule has 1 rings (SSSR count). The normalized spacial score (nSPS) is 12.2. The summed E-state index contributed by atoms with van der Waals surface area (Å²) in [5.41, 5.74) is 1.06. The highest BCUT2D eigenvalue weighted by Gasteiger charge is 2.13. The molecule has 6 heteroatoms. The number of carboxylic acids is 1. The van der Waals surface area contributed by atoms with Crippen molar-refractivity contribution in [2.24, 2.45) is 0 Å². The quantitative estimate of drug-likeness (QED) is 0.705. The molecule has 0 aliphatic rings. The van der Waals surface area contributed by atoms with Crippen molar-refractivity contribution in [3.8, 4) is 5.75 Å². The summed E-state index contributed by atoms with van der Waals surface area (Å²) in [7, 11) is 3.24. The molecule has 0 heterocycles. The molecule has 1 unspecified atom stereocenters. The summed E-state index contributed by atoms with van der Waals surface area (Å²) in [6.07, 6.45) is 0. The molecule has 0 aliphatic carbocycles. The summed E-state index contributed by atoms with van der Waals surface area (Å²) < 4.78 is 6.02. The molecule has 3 N–H and O–H groups in total. The van der Waals surface area contributed by atoms with Crippen LogP contribution in [0.1, 0.15) is 5.56 Å². The number of rotatable bonds is 7. The molecule has 0 saturated carbocycles. The van der Waals surface area contributed by atoms with Crippen LogP contribution in [0, 0.1) is 0 Å². The predicted molar refractivity (Wildman–Crippen MR) is 72.9 cm³/mol. The third kappa shape index (κ3) is 4.29. The van der Waals surface area contributed by atoms with Crippen LogP contribution in [0.2, 0.25) is 0 Å². The predicted octanol–water partition coefficient (Wildman–Crippen LogP) is 1.22. The lowest BCUT2D eigenvalue weighted by Gasteiger charge is -2.12. The van der Waals surface area contributed by atoms with Crippen molar-refractivity contribution in [1.29, 1.82) is 0 Å². The first-order valence-corrected chi connectivity index (χ1v) is 6.31. The van der Waals surface area contributed by atoms with E-state index in [-0.39, 0.29) is 0 Å². The summed E-state index contributed by atoms with van der Waals surface area (Å²) in [6, 6.07) is 5.17. The molecule has 0 aromatic heterocycles. The first-order chi connectivity index (χ1) is 8.58. The number of ether oxygens (including phenoxy) is 1. The second kappa shape index (κ2) is 7.35. The van der Waals surface area contributed by atoms with Crippen molar-refractivity contribution in [3.63, 3.8) is 0 Å². The van der Waals surface area contributed by atoms with Crippen LogP contribution in [-0.4, -0.2) is 37.8 Å². The number of hydrogen-bond acceptors (Lipinski definition) is 4. The molecule has 1 aromatic carbocycles. The molecule has 0 radical (unpaired) electrons. The molecule has 0 fully saturated rings.